The third-order valence-electron chi connectivity index (χ3n) is 1.65. The third-order valence-corrected chi connectivity index (χ3v) is 2.33. The van der Waals surface area contributed by atoms with E-state index < -0.39 is 0 Å². The van der Waals surface area contributed by atoms with Crippen molar-refractivity contribution in [2.24, 2.45) is 17.4 Å². The lowest BCUT2D eigenvalue weighted by atomic mass is 10.2. The van der Waals surface area contributed by atoms with Gasteiger partial charge in [0.15, 0.2) is 0 Å². The predicted molar refractivity (Wildman–Crippen MR) is 42.3 cm³/mol. The van der Waals surface area contributed by atoms with Crippen LogP contribution in [0.3, 0.4) is 0 Å². The fourth-order valence-electron chi connectivity index (χ4n) is 0.879. The molecule has 52 valence electrons. The van der Waals surface area contributed by atoms with E-state index in [1.165, 1.54) is 0 Å². The fourth-order valence-corrected chi connectivity index (χ4v) is 1.15. The van der Waals surface area contributed by atoms with Crippen molar-refractivity contribution in [3.05, 3.63) is 0 Å². The third kappa shape index (κ3) is 1.47. The molecule has 3 atom stereocenters. The first-order valence-corrected chi connectivity index (χ1v) is 3.58. The van der Waals surface area contributed by atoms with Crippen LogP contribution in [0.4, 0.5) is 0 Å². The summed E-state index contributed by atoms with van der Waals surface area (Å²) in [7, 11) is 0. The van der Waals surface area contributed by atoms with E-state index in [1.807, 2.05) is 6.92 Å². The van der Waals surface area contributed by atoms with E-state index in [9.17, 15) is 0 Å². The van der Waals surface area contributed by atoms with E-state index in [-0.39, 0.29) is 6.04 Å². The van der Waals surface area contributed by atoms with Crippen LogP contribution in [-0.4, -0.2) is 16.9 Å². The van der Waals surface area contributed by atoms with Gasteiger partial charge in [0.2, 0.25) is 0 Å². The summed E-state index contributed by atoms with van der Waals surface area (Å²) in [5, 5.41) is 0. The molecule has 2 nitrogen and oxygen atoms in total. The van der Waals surface area contributed by atoms with E-state index in [4.69, 9.17) is 23.7 Å². The molecule has 0 heterocycles. The maximum Gasteiger partial charge on any atom is 0.0333 e. The van der Waals surface area contributed by atoms with Gasteiger partial charge >= 0.3 is 0 Å². The lowest BCUT2D eigenvalue weighted by Gasteiger charge is -2.04. The minimum atomic E-state index is 0.0403. The summed E-state index contributed by atoms with van der Waals surface area (Å²) in [4.78, 5) is 0.947. The van der Waals surface area contributed by atoms with E-state index in [2.05, 4.69) is 0 Å². The van der Waals surface area contributed by atoms with E-state index in [0.717, 1.165) is 11.3 Å². The molecule has 1 rings (SSSR count). The SMILES string of the molecule is CC(N)C(=S)C1CC1N. The van der Waals surface area contributed by atoms with Gasteiger partial charge in [-0.3, -0.25) is 0 Å². The van der Waals surface area contributed by atoms with Gasteiger partial charge in [-0.1, -0.05) is 12.2 Å². The highest BCUT2D eigenvalue weighted by Gasteiger charge is 2.37. The van der Waals surface area contributed by atoms with Crippen molar-refractivity contribution in [3.63, 3.8) is 0 Å². The highest BCUT2D eigenvalue weighted by Crippen LogP contribution is 2.30. The van der Waals surface area contributed by atoms with E-state index in [0.29, 0.717) is 12.0 Å². The topological polar surface area (TPSA) is 52.0 Å². The van der Waals surface area contributed by atoms with Crippen LogP contribution in [0.1, 0.15) is 13.3 Å². The molecule has 0 amide bonds. The summed E-state index contributed by atoms with van der Waals surface area (Å²) in [6.07, 6.45) is 1.04. The van der Waals surface area contributed by atoms with Crippen LogP contribution in [0.15, 0.2) is 0 Å². The molecule has 0 aromatic rings. The van der Waals surface area contributed by atoms with Gasteiger partial charge in [-0.05, 0) is 13.3 Å². The average Bonchev–Trinajstić information content (AvgIpc) is 2.44. The summed E-state index contributed by atoms with van der Waals surface area (Å²) in [6.45, 7) is 1.91. The lowest BCUT2D eigenvalue weighted by molar-refractivity contribution is 0.918. The fraction of sp³-hybridized carbons (Fsp3) is 0.833. The standard InChI is InChI=1S/C6H12N2S/c1-3(7)6(9)4-2-5(4)8/h3-5H,2,7-8H2,1H3. The molecule has 3 heteroatoms. The van der Waals surface area contributed by atoms with E-state index in [1.54, 1.807) is 0 Å². The number of hydrogen-bond acceptors (Lipinski definition) is 3. The Bertz CT molecular complexity index is 133. The zero-order valence-corrected chi connectivity index (χ0v) is 6.32. The van der Waals surface area contributed by atoms with Gasteiger partial charge in [0.05, 0.1) is 0 Å². The average molecular weight is 144 g/mol. The zero-order chi connectivity index (χ0) is 7.02. The second kappa shape index (κ2) is 2.33. The van der Waals surface area contributed by atoms with Crippen molar-refractivity contribution >= 4 is 17.1 Å². The summed E-state index contributed by atoms with van der Waals surface area (Å²) in [5.74, 6) is 0.444. The zero-order valence-electron chi connectivity index (χ0n) is 5.50. The Labute approximate surface area is 60.6 Å². The van der Waals surface area contributed by atoms with Crippen LogP contribution >= 0.6 is 12.2 Å². The molecule has 0 radical (unpaired) electrons. The maximum atomic E-state index is 5.56. The van der Waals surface area contributed by atoms with Gasteiger partial charge in [0.1, 0.15) is 0 Å². The summed E-state index contributed by atoms with van der Waals surface area (Å²) in [6, 6.07) is 0.349. The van der Waals surface area contributed by atoms with E-state index >= 15 is 0 Å². The molecule has 1 fully saturated rings. The molecule has 0 aromatic carbocycles. The van der Waals surface area contributed by atoms with Crippen molar-refractivity contribution in [2.45, 2.75) is 25.4 Å². The highest BCUT2D eigenvalue weighted by atomic mass is 32.1. The molecule has 0 aromatic heterocycles. The van der Waals surface area contributed by atoms with Gasteiger partial charge in [-0.25, -0.2) is 0 Å². The van der Waals surface area contributed by atoms with Gasteiger partial charge < -0.3 is 11.5 Å². The predicted octanol–water partition coefficient (Wildman–Crippen LogP) is 0.0507. The Balaban J connectivity index is 2.36. The summed E-state index contributed by atoms with van der Waals surface area (Å²) in [5.41, 5.74) is 11.1. The molecule has 4 N–H and O–H groups in total. The number of thiocarbonyl (C=S) groups is 1. The molecule has 1 saturated carbocycles. The van der Waals surface area contributed by atoms with Gasteiger partial charge in [0.25, 0.3) is 0 Å². The van der Waals surface area contributed by atoms with Crippen LogP contribution in [0, 0.1) is 5.92 Å². The Morgan fingerprint density at radius 2 is 2.22 bits per heavy atom. The molecule has 0 spiro atoms. The van der Waals surface area contributed by atoms with Crippen LogP contribution in [0.25, 0.3) is 0 Å². The highest BCUT2D eigenvalue weighted by molar-refractivity contribution is 7.80. The molecule has 1 aliphatic rings. The van der Waals surface area contributed by atoms with Crippen LogP contribution in [0.2, 0.25) is 0 Å². The number of rotatable bonds is 2. The molecule has 0 bridgehead atoms. The molecule has 0 saturated heterocycles. The maximum absolute atomic E-state index is 5.56. The van der Waals surface area contributed by atoms with Gasteiger partial charge in [-0.15, -0.1) is 0 Å². The van der Waals surface area contributed by atoms with Crippen LogP contribution < -0.4 is 11.5 Å². The minimum absolute atomic E-state index is 0.0403. The van der Waals surface area contributed by atoms with Crippen LogP contribution in [0.5, 0.6) is 0 Å². The molecule has 3 unspecified atom stereocenters. The van der Waals surface area contributed by atoms with Crippen molar-refractivity contribution in [3.8, 4) is 0 Å². The largest absolute Gasteiger partial charge is 0.327 e. The smallest absolute Gasteiger partial charge is 0.0333 e. The Kier molecular flexibility index (Phi) is 1.84. The Morgan fingerprint density at radius 1 is 1.78 bits per heavy atom. The first-order valence-electron chi connectivity index (χ1n) is 3.18. The second-order valence-corrected chi connectivity index (χ2v) is 3.17. The first kappa shape index (κ1) is 7.12. The Hall–Kier alpha value is 0.01000. The number of hydrogen-bond donors (Lipinski definition) is 2. The van der Waals surface area contributed by atoms with Crippen molar-refractivity contribution in [1.82, 2.24) is 0 Å². The second-order valence-electron chi connectivity index (χ2n) is 2.70. The lowest BCUT2D eigenvalue weighted by Crippen LogP contribution is -2.28. The Morgan fingerprint density at radius 3 is 2.33 bits per heavy atom. The summed E-state index contributed by atoms with van der Waals surface area (Å²) < 4.78 is 0. The molecular formula is C6H12N2S. The molecule has 9 heavy (non-hydrogen) atoms. The monoisotopic (exact) mass is 144 g/mol. The van der Waals surface area contributed by atoms with Gasteiger partial charge in [-0.2, -0.15) is 0 Å². The van der Waals surface area contributed by atoms with Gasteiger partial charge in [0, 0.05) is 22.9 Å². The quantitative estimate of drug-likeness (QED) is 0.538. The van der Waals surface area contributed by atoms with Crippen molar-refractivity contribution < 1.29 is 0 Å². The van der Waals surface area contributed by atoms with Crippen LogP contribution in [-0.2, 0) is 0 Å². The molecule has 0 aliphatic heterocycles. The normalized spacial score (nSPS) is 35.9. The first-order chi connectivity index (χ1) is 4.13. The van der Waals surface area contributed by atoms with Crippen molar-refractivity contribution in [2.75, 3.05) is 0 Å². The van der Waals surface area contributed by atoms with Crippen molar-refractivity contribution in [1.29, 1.82) is 0 Å². The summed E-state index contributed by atoms with van der Waals surface area (Å²) >= 11 is 5.04. The minimum Gasteiger partial charge on any atom is -0.327 e. The number of nitrogens with two attached hydrogens (primary N) is 2. The molecular weight excluding hydrogens is 132 g/mol. The molecule has 1 aliphatic carbocycles.